The number of carbonyl (C=O) groups is 1. The lowest BCUT2D eigenvalue weighted by Gasteiger charge is -2.26. The zero-order chi connectivity index (χ0) is 14.0. The number of amides is 1. The van der Waals surface area contributed by atoms with Crippen molar-refractivity contribution < 1.29 is 18.0 Å². The van der Waals surface area contributed by atoms with Crippen molar-refractivity contribution in [3.8, 4) is 0 Å². The Morgan fingerprint density at radius 1 is 1.33 bits per heavy atom. The van der Waals surface area contributed by atoms with Crippen LogP contribution in [0.25, 0.3) is 0 Å². The SMILES string of the molecule is CSc1ccccc1NC(=O)C(C)(N)C(F)(F)F. The Hall–Kier alpha value is -1.21. The number of rotatable bonds is 3. The highest BCUT2D eigenvalue weighted by molar-refractivity contribution is 7.98. The summed E-state index contributed by atoms with van der Waals surface area (Å²) in [4.78, 5) is 12.3. The van der Waals surface area contributed by atoms with Gasteiger partial charge in [0, 0.05) is 4.90 Å². The summed E-state index contributed by atoms with van der Waals surface area (Å²) in [5, 5.41) is 2.20. The van der Waals surface area contributed by atoms with Gasteiger partial charge in [-0.1, -0.05) is 12.1 Å². The topological polar surface area (TPSA) is 55.1 Å². The minimum atomic E-state index is -4.80. The lowest BCUT2D eigenvalue weighted by molar-refractivity contribution is -0.184. The zero-order valence-electron chi connectivity index (χ0n) is 9.84. The van der Waals surface area contributed by atoms with Crippen LogP contribution in [0.15, 0.2) is 29.2 Å². The molecule has 0 saturated carbocycles. The molecule has 0 aliphatic rings. The standard InChI is InChI=1S/C11H13F3N2OS/c1-10(15,11(12,13)14)9(17)16-7-5-3-4-6-8(7)18-2/h3-6H,15H2,1-2H3,(H,16,17). The number of thioether (sulfide) groups is 1. The molecule has 1 amide bonds. The van der Waals surface area contributed by atoms with Gasteiger partial charge in [-0.25, -0.2) is 0 Å². The first-order valence-corrected chi connectivity index (χ1v) is 6.22. The van der Waals surface area contributed by atoms with Crippen molar-refractivity contribution in [2.75, 3.05) is 11.6 Å². The summed E-state index contributed by atoms with van der Waals surface area (Å²) in [5.74, 6) is -1.28. The molecular formula is C11H13F3N2OS. The highest BCUT2D eigenvalue weighted by Gasteiger charge is 2.54. The Bertz CT molecular complexity index is 446. The van der Waals surface area contributed by atoms with Crippen LogP contribution in [-0.2, 0) is 4.79 Å². The summed E-state index contributed by atoms with van der Waals surface area (Å²) >= 11 is 1.32. The summed E-state index contributed by atoms with van der Waals surface area (Å²) in [6, 6.07) is 6.57. The second-order valence-electron chi connectivity index (χ2n) is 3.85. The molecule has 1 rings (SSSR count). The molecule has 1 aromatic rings. The summed E-state index contributed by atoms with van der Waals surface area (Å²) in [6.45, 7) is 0.643. The molecule has 100 valence electrons. The van der Waals surface area contributed by atoms with Gasteiger partial charge in [-0.05, 0) is 25.3 Å². The quantitative estimate of drug-likeness (QED) is 0.836. The van der Waals surface area contributed by atoms with Gasteiger partial charge in [-0.15, -0.1) is 11.8 Å². The van der Waals surface area contributed by atoms with Crippen molar-refractivity contribution in [1.29, 1.82) is 0 Å². The fraction of sp³-hybridized carbons (Fsp3) is 0.364. The van der Waals surface area contributed by atoms with E-state index in [2.05, 4.69) is 5.32 Å². The molecule has 3 nitrogen and oxygen atoms in total. The Labute approximate surface area is 107 Å². The third-order valence-corrected chi connectivity index (χ3v) is 3.21. The molecule has 1 aromatic carbocycles. The van der Waals surface area contributed by atoms with Crippen LogP contribution in [0.5, 0.6) is 0 Å². The average molecular weight is 278 g/mol. The zero-order valence-corrected chi connectivity index (χ0v) is 10.7. The van der Waals surface area contributed by atoms with E-state index in [1.807, 2.05) is 0 Å². The summed E-state index contributed by atoms with van der Waals surface area (Å²) in [5.41, 5.74) is 2.43. The van der Waals surface area contributed by atoms with E-state index in [1.165, 1.54) is 17.8 Å². The Morgan fingerprint density at radius 2 is 1.89 bits per heavy atom. The second kappa shape index (κ2) is 5.19. The van der Waals surface area contributed by atoms with E-state index in [0.717, 1.165) is 0 Å². The van der Waals surface area contributed by atoms with E-state index in [-0.39, 0.29) is 0 Å². The van der Waals surface area contributed by atoms with Gasteiger partial charge in [-0.3, -0.25) is 4.79 Å². The molecule has 0 fully saturated rings. The fourth-order valence-electron chi connectivity index (χ4n) is 1.13. The normalized spacial score (nSPS) is 15.0. The van der Waals surface area contributed by atoms with Crippen molar-refractivity contribution in [3.63, 3.8) is 0 Å². The minimum absolute atomic E-state index is 0.316. The first-order chi connectivity index (χ1) is 8.20. The monoisotopic (exact) mass is 278 g/mol. The maximum Gasteiger partial charge on any atom is 0.415 e. The molecule has 0 aliphatic carbocycles. The number of alkyl halides is 3. The molecule has 0 heterocycles. The Kier molecular flexibility index (Phi) is 4.28. The number of nitrogens with two attached hydrogens (primary N) is 1. The maximum atomic E-state index is 12.6. The van der Waals surface area contributed by atoms with Crippen molar-refractivity contribution in [1.82, 2.24) is 0 Å². The molecule has 0 aromatic heterocycles. The van der Waals surface area contributed by atoms with Gasteiger partial charge in [0.2, 0.25) is 0 Å². The van der Waals surface area contributed by atoms with Crippen LogP contribution in [0.2, 0.25) is 0 Å². The number of hydrogen-bond donors (Lipinski definition) is 2. The highest BCUT2D eigenvalue weighted by Crippen LogP contribution is 2.30. The molecule has 0 spiro atoms. The summed E-state index contributed by atoms with van der Waals surface area (Å²) in [6.07, 6.45) is -3.04. The summed E-state index contributed by atoms with van der Waals surface area (Å²) < 4.78 is 37.7. The van der Waals surface area contributed by atoms with Crippen LogP contribution < -0.4 is 11.1 Å². The van der Waals surface area contributed by atoms with Gasteiger partial charge in [0.15, 0.2) is 5.54 Å². The van der Waals surface area contributed by atoms with E-state index < -0.39 is 17.6 Å². The van der Waals surface area contributed by atoms with E-state index >= 15 is 0 Å². The second-order valence-corrected chi connectivity index (χ2v) is 4.70. The van der Waals surface area contributed by atoms with Crippen LogP contribution >= 0.6 is 11.8 Å². The minimum Gasteiger partial charge on any atom is -0.323 e. The lowest BCUT2D eigenvalue weighted by Crippen LogP contribution is -2.59. The number of halogens is 3. The molecule has 7 heteroatoms. The Morgan fingerprint density at radius 3 is 2.39 bits per heavy atom. The van der Waals surface area contributed by atoms with Crippen LogP contribution in [0, 0.1) is 0 Å². The van der Waals surface area contributed by atoms with E-state index in [0.29, 0.717) is 17.5 Å². The largest absolute Gasteiger partial charge is 0.415 e. The number of nitrogens with one attached hydrogen (secondary N) is 1. The number of hydrogen-bond acceptors (Lipinski definition) is 3. The van der Waals surface area contributed by atoms with Gasteiger partial charge < -0.3 is 11.1 Å². The van der Waals surface area contributed by atoms with Gasteiger partial charge in [0.05, 0.1) is 5.69 Å². The first-order valence-electron chi connectivity index (χ1n) is 5.00. The maximum absolute atomic E-state index is 12.6. The molecule has 0 bridgehead atoms. The van der Waals surface area contributed by atoms with Crippen LogP contribution in [0.1, 0.15) is 6.92 Å². The van der Waals surface area contributed by atoms with E-state index in [1.54, 1.807) is 24.5 Å². The lowest BCUT2D eigenvalue weighted by atomic mass is 10.0. The first kappa shape index (κ1) is 14.8. The van der Waals surface area contributed by atoms with E-state index in [9.17, 15) is 18.0 Å². The molecule has 0 radical (unpaired) electrons. The molecular weight excluding hydrogens is 265 g/mol. The molecule has 1 unspecified atom stereocenters. The Balaban J connectivity index is 2.95. The third kappa shape index (κ3) is 2.97. The predicted molar refractivity (Wildman–Crippen MR) is 65.5 cm³/mol. The van der Waals surface area contributed by atoms with Crippen molar-refractivity contribution in [2.24, 2.45) is 5.73 Å². The van der Waals surface area contributed by atoms with Crippen LogP contribution in [-0.4, -0.2) is 23.9 Å². The van der Waals surface area contributed by atoms with Crippen molar-refractivity contribution in [3.05, 3.63) is 24.3 Å². The summed E-state index contributed by atoms with van der Waals surface area (Å²) in [7, 11) is 0. The van der Waals surface area contributed by atoms with Crippen molar-refractivity contribution >= 4 is 23.4 Å². The number of carbonyl (C=O) groups excluding carboxylic acids is 1. The third-order valence-electron chi connectivity index (χ3n) is 2.42. The van der Waals surface area contributed by atoms with Crippen molar-refractivity contribution in [2.45, 2.75) is 23.5 Å². The molecule has 0 saturated heterocycles. The number of anilines is 1. The van der Waals surface area contributed by atoms with Gasteiger partial charge in [0.1, 0.15) is 0 Å². The highest BCUT2D eigenvalue weighted by atomic mass is 32.2. The van der Waals surface area contributed by atoms with E-state index in [4.69, 9.17) is 5.73 Å². The fourth-order valence-corrected chi connectivity index (χ4v) is 1.68. The average Bonchev–Trinajstić information content (AvgIpc) is 2.28. The smallest absolute Gasteiger partial charge is 0.323 e. The molecule has 18 heavy (non-hydrogen) atoms. The number of para-hydroxylation sites is 1. The molecule has 3 N–H and O–H groups in total. The van der Waals surface area contributed by atoms with Gasteiger partial charge in [0.25, 0.3) is 5.91 Å². The van der Waals surface area contributed by atoms with Crippen LogP contribution in [0.3, 0.4) is 0 Å². The molecule has 0 aliphatic heterocycles. The van der Waals surface area contributed by atoms with Gasteiger partial charge >= 0.3 is 6.18 Å². The molecule has 1 atom stereocenters. The van der Waals surface area contributed by atoms with Crippen LogP contribution in [0.4, 0.5) is 18.9 Å². The van der Waals surface area contributed by atoms with Gasteiger partial charge in [-0.2, -0.15) is 13.2 Å². The predicted octanol–water partition coefficient (Wildman–Crippen LogP) is 2.63. The number of benzene rings is 1.